The number of carbonyl (C=O) groups is 1. The van der Waals surface area contributed by atoms with Gasteiger partial charge >= 0.3 is 13.6 Å². The molecule has 0 unspecified atom stereocenters. The van der Waals surface area contributed by atoms with E-state index in [0.717, 1.165) is 10.0 Å². The number of nitrogens with zero attached hydrogens (tertiary/aromatic N) is 2. The maximum atomic E-state index is 12.2. The molecule has 10 heteroatoms. The van der Waals surface area contributed by atoms with Crippen LogP contribution >= 0.6 is 23.5 Å². The number of ether oxygens (including phenoxy) is 1. The first-order valence-corrected chi connectivity index (χ1v) is 11.0. The molecule has 8 nitrogen and oxygen atoms in total. The van der Waals surface area contributed by atoms with Crippen molar-refractivity contribution >= 4 is 40.5 Å². The molecule has 1 atom stereocenters. The second-order valence-electron chi connectivity index (χ2n) is 6.30. The van der Waals surface area contributed by atoms with Crippen LogP contribution < -0.4 is 5.73 Å². The van der Waals surface area contributed by atoms with E-state index in [1.54, 1.807) is 18.2 Å². The van der Waals surface area contributed by atoms with Gasteiger partial charge in [0, 0.05) is 10.9 Å². The molecule has 0 aliphatic heterocycles. The van der Waals surface area contributed by atoms with Crippen molar-refractivity contribution in [2.45, 2.75) is 25.4 Å². The van der Waals surface area contributed by atoms with Gasteiger partial charge in [0.25, 0.3) is 0 Å². The van der Waals surface area contributed by atoms with Gasteiger partial charge in [-0.25, -0.2) is 4.98 Å². The Bertz CT molecular complexity index is 1030. The number of halogens is 1. The summed E-state index contributed by atoms with van der Waals surface area (Å²) in [5.74, 6) is -0.305. The largest absolute Gasteiger partial charge is 0.460 e. The molecule has 0 amide bonds. The Morgan fingerprint density at radius 3 is 2.64 bits per heavy atom. The van der Waals surface area contributed by atoms with E-state index >= 15 is 0 Å². The highest BCUT2D eigenvalue weighted by atomic mass is 79.9. The Morgan fingerprint density at radius 1 is 1.25 bits per heavy atom. The first-order valence-electron chi connectivity index (χ1n) is 8.38. The smallest absolute Gasteiger partial charge is 0.345 e. The fourth-order valence-corrected chi connectivity index (χ4v) is 3.80. The molecule has 1 aromatic heterocycles. The van der Waals surface area contributed by atoms with Crippen LogP contribution in [0.25, 0.3) is 11.0 Å². The average Bonchev–Trinajstić information content (AvgIpc) is 2.95. The van der Waals surface area contributed by atoms with Crippen LogP contribution in [0.1, 0.15) is 11.4 Å². The SMILES string of the molecule is N[C@@H](Cc1nc2cc(Br)ccc2n1CP(=O)(O)O)C(=O)OCc1ccccc1. The van der Waals surface area contributed by atoms with E-state index < -0.39 is 25.9 Å². The molecule has 0 spiro atoms. The van der Waals surface area contributed by atoms with Crippen LogP contribution in [0.15, 0.2) is 53.0 Å². The highest BCUT2D eigenvalue weighted by Gasteiger charge is 2.24. The lowest BCUT2D eigenvalue weighted by molar-refractivity contribution is -0.146. The Labute approximate surface area is 169 Å². The number of benzene rings is 2. The van der Waals surface area contributed by atoms with E-state index in [1.165, 1.54) is 4.57 Å². The van der Waals surface area contributed by atoms with Gasteiger partial charge in [-0.1, -0.05) is 46.3 Å². The van der Waals surface area contributed by atoms with Gasteiger partial charge in [0.2, 0.25) is 0 Å². The van der Waals surface area contributed by atoms with E-state index in [1.807, 2.05) is 30.3 Å². The molecule has 4 N–H and O–H groups in total. The molecular weight excluding hydrogens is 449 g/mol. The molecule has 0 aliphatic carbocycles. The fraction of sp³-hybridized carbons (Fsp3) is 0.222. The molecule has 0 saturated heterocycles. The number of carbonyl (C=O) groups excluding carboxylic acids is 1. The maximum absolute atomic E-state index is 12.2. The first kappa shape index (κ1) is 20.7. The quantitative estimate of drug-likeness (QED) is 0.359. The van der Waals surface area contributed by atoms with Gasteiger partial charge in [-0.15, -0.1) is 0 Å². The monoisotopic (exact) mass is 467 g/mol. The van der Waals surface area contributed by atoms with Crippen LogP contribution in [0, 0.1) is 0 Å². The molecule has 148 valence electrons. The third-order valence-electron chi connectivity index (χ3n) is 4.04. The fourth-order valence-electron chi connectivity index (χ4n) is 2.77. The van der Waals surface area contributed by atoms with Gasteiger partial charge in [-0.3, -0.25) is 9.36 Å². The lowest BCUT2D eigenvalue weighted by Gasteiger charge is -2.14. The van der Waals surface area contributed by atoms with E-state index in [9.17, 15) is 19.1 Å². The van der Waals surface area contributed by atoms with Gasteiger partial charge in [0.05, 0.1) is 11.0 Å². The van der Waals surface area contributed by atoms with Crippen LogP contribution in [0.5, 0.6) is 0 Å². The molecule has 0 aliphatic rings. The summed E-state index contributed by atoms with van der Waals surface area (Å²) in [6.07, 6.45) is -0.563. The van der Waals surface area contributed by atoms with Crippen molar-refractivity contribution in [2.24, 2.45) is 5.73 Å². The average molecular weight is 468 g/mol. The number of rotatable bonds is 7. The third-order valence-corrected chi connectivity index (χ3v) is 5.19. The molecule has 0 radical (unpaired) electrons. The third kappa shape index (κ3) is 5.27. The van der Waals surface area contributed by atoms with Crippen molar-refractivity contribution in [1.29, 1.82) is 0 Å². The van der Waals surface area contributed by atoms with Crippen molar-refractivity contribution in [1.82, 2.24) is 9.55 Å². The number of nitrogens with two attached hydrogens (primary N) is 1. The van der Waals surface area contributed by atoms with E-state index in [0.29, 0.717) is 16.9 Å². The summed E-state index contributed by atoms with van der Waals surface area (Å²) in [7, 11) is -4.36. The molecule has 3 rings (SSSR count). The highest BCUT2D eigenvalue weighted by Crippen LogP contribution is 2.38. The number of hydrogen-bond donors (Lipinski definition) is 3. The summed E-state index contributed by atoms with van der Waals surface area (Å²) >= 11 is 3.34. The Balaban J connectivity index is 1.79. The van der Waals surface area contributed by atoms with Gasteiger partial charge < -0.3 is 24.8 Å². The van der Waals surface area contributed by atoms with Crippen molar-refractivity contribution < 1.29 is 23.9 Å². The Kier molecular flexibility index (Phi) is 6.32. The topological polar surface area (TPSA) is 128 Å². The van der Waals surface area contributed by atoms with Gasteiger partial charge in [-0.05, 0) is 23.8 Å². The highest BCUT2D eigenvalue weighted by molar-refractivity contribution is 9.10. The normalized spacial score (nSPS) is 12.9. The number of esters is 1. The summed E-state index contributed by atoms with van der Waals surface area (Å²) in [5, 5.41) is 0. The molecule has 2 aromatic carbocycles. The molecular formula is C18H19BrN3O5P. The molecule has 0 bridgehead atoms. The summed E-state index contributed by atoms with van der Waals surface area (Å²) in [6.45, 7) is 0.0964. The van der Waals surface area contributed by atoms with Crippen molar-refractivity contribution in [3.8, 4) is 0 Å². The molecule has 3 aromatic rings. The zero-order valence-electron chi connectivity index (χ0n) is 14.7. The van der Waals surface area contributed by atoms with Crippen molar-refractivity contribution in [2.75, 3.05) is 0 Å². The summed E-state index contributed by atoms with van der Waals surface area (Å²) < 4.78 is 19.0. The minimum Gasteiger partial charge on any atom is -0.460 e. The van der Waals surface area contributed by atoms with Gasteiger partial charge in [0.1, 0.15) is 24.8 Å². The zero-order valence-corrected chi connectivity index (χ0v) is 17.2. The van der Waals surface area contributed by atoms with Gasteiger partial charge in [-0.2, -0.15) is 0 Å². The first-order chi connectivity index (χ1) is 13.2. The number of imidazole rings is 1. The van der Waals surface area contributed by atoms with Crippen LogP contribution in [-0.4, -0.2) is 31.3 Å². The summed E-state index contributed by atoms with van der Waals surface area (Å²) in [4.78, 5) is 35.5. The van der Waals surface area contributed by atoms with Crippen LogP contribution in [0.3, 0.4) is 0 Å². The number of aromatic nitrogens is 2. The molecule has 1 heterocycles. The second kappa shape index (κ2) is 8.55. The summed E-state index contributed by atoms with van der Waals surface area (Å²) in [5.41, 5.74) is 7.89. The predicted octanol–water partition coefficient (Wildman–Crippen LogP) is 2.55. The standard InChI is InChI=1S/C18H19BrN3O5P/c19-13-6-7-16-15(8-13)21-17(22(16)11-28(24,25)26)9-14(20)18(23)27-10-12-4-2-1-3-5-12/h1-8,14H,9-11,20H2,(H2,24,25,26)/t14-/m0/s1. The number of hydrogen-bond acceptors (Lipinski definition) is 5. The Morgan fingerprint density at radius 2 is 1.96 bits per heavy atom. The van der Waals surface area contributed by atoms with Crippen molar-refractivity contribution in [3.63, 3.8) is 0 Å². The van der Waals surface area contributed by atoms with Crippen LogP contribution in [0.4, 0.5) is 0 Å². The van der Waals surface area contributed by atoms with E-state index in [2.05, 4.69) is 20.9 Å². The minimum absolute atomic E-state index is 0.0140. The molecule has 0 saturated carbocycles. The molecule has 28 heavy (non-hydrogen) atoms. The summed E-state index contributed by atoms with van der Waals surface area (Å²) in [6, 6.07) is 13.4. The van der Waals surface area contributed by atoms with Gasteiger partial charge in [0.15, 0.2) is 0 Å². The van der Waals surface area contributed by atoms with E-state index in [4.69, 9.17) is 10.5 Å². The lowest BCUT2D eigenvalue weighted by Crippen LogP contribution is -2.35. The lowest BCUT2D eigenvalue weighted by atomic mass is 10.2. The molecule has 0 fully saturated rings. The van der Waals surface area contributed by atoms with Crippen molar-refractivity contribution in [3.05, 3.63) is 64.4 Å². The van der Waals surface area contributed by atoms with E-state index in [-0.39, 0.29) is 13.0 Å². The maximum Gasteiger partial charge on any atom is 0.345 e. The zero-order chi connectivity index (χ0) is 20.3. The second-order valence-corrected chi connectivity index (χ2v) is 8.83. The van der Waals surface area contributed by atoms with Crippen LogP contribution in [-0.2, 0) is 33.4 Å². The van der Waals surface area contributed by atoms with Crippen LogP contribution in [0.2, 0.25) is 0 Å². The predicted molar refractivity (Wildman–Crippen MR) is 107 cm³/mol. The Hall–Kier alpha value is -2.03. The minimum atomic E-state index is -4.36. The number of fused-ring (bicyclic) bond motifs is 1.